The third kappa shape index (κ3) is 7.85. The van der Waals surface area contributed by atoms with Gasteiger partial charge in [-0.1, -0.05) is 32.3 Å². The van der Waals surface area contributed by atoms with Gasteiger partial charge in [0.1, 0.15) is 0 Å². The normalized spacial score (nSPS) is 18.3. The molecule has 0 heterocycles. The molecule has 1 aliphatic rings. The van der Waals surface area contributed by atoms with Crippen molar-refractivity contribution in [2.24, 2.45) is 0 Å². The van der Waals surface area contributed by atoms with Crippen molar-refractivity contribution in [2.75, 3.05) is 7.05 Å². The van der Waals surface area contributed by atoms with Crippen molar-refractivity contribution in [1.82, 2.24) is 5.32 Å². The molecule has 0 saturated heterocycles. The zero-order valence-electron chi connectivity index (χ0n) is 8.92. The van der Waals surface area contributed by atoms with E-state index in [1.54, 1.807) is 6.08 Å². The number of rotatable bonds is 2. The summed E-state index contributed by atoms with van der Waals surface area (Å²) in [4.78, 5) is 0. The number of allylic oxidation sites excluding steroid dienone is 1. The lowest BCUT2D eigenvalue weighted by atomic mass is 9.96. The molecule has 0 amide bonds. The second kappa shape index (κ2) is 9.59. The van der Waals surface area contributed by atoms with E-state index in [4.69, 9.17) is 5.11 Å². The van der Waals surface area contributed by atoms with E-state index in [0.717, 1.165) is 18.7 Å². The first-order chi connectivity index (χ1) is 6.35. The minimum absolute atomic E-state index is 0.837. The third-order valence-electron chi connectivity index (χ3n) is 2.35. The largest absolute Gasteiger partial charge is 0.516 e. The Bertz CT molecular complexity index is 117. The summed E-state index contributed by atoms with van der Waals surface area (Å²) >= 11 is 0. The van der Waals surface area contributed by atoms with Gasteiger partial charge in [0, 0.05) is 6.04 Å². The predicted octanol–water partition coefficient (Wildman–Crippen LogP) is 3.01. The van der Waals surface area contributed by atoms with E-state index in [9.17, 15) is 0 Å². The summed E-state index contributed by atoms with van der Waals surface area (Å²) in [7, 11) is 2.07. The first-order valence-corrected chi connectivity index (χ1v) is 5.31. The highest BCUT2D eigenvalue weighted by Crippen LogP contribution is 2.16. The molecule has 78 valence electrons. The van der Waals surface area contributed by atoms with Gasteiger partial charge >= 0.3 is 0 Å². The van der Waals surface area contributed by atoms with Crippen LogP contribution in [0.1, 0.15) is 45.4 Å². The molecule has 2 N–H and O–H groups in total. The van der Waals surface area contributed by atoms with Crippen LogP contribution in [-0.2, 0) is 0 Å². The summed E-state index contributed by atoms with van der Waals surface area (Å²) in [6, 6.07) is 0.837. The van der Waals surface area contributed by atoms with E-state index in [1.165, 1.54) is 32.1 Å². The summed E-state index contributed by atoms with van der Waals surface area (Å²) in [6.07, 6.45) is 10.8. The highest BCUT2D eigenvalue weighted by Gasteiger charge is 2.09. The Balaban J connectivity index is 0.000000252. The third-order valence-corrected chi connectivity index (χ3v) is 2.35. The number of nitrogens with one attached hydrogen (secondary N) is 1. The zero-order chi connectivity index (χ0) is 9.94. The van der Waals surface area contributed by atoms with Crippen LogP contribution in [0.15, 0.2) is 12.3 Å². The lowest BCUT2D eigenvalue weighted by molar-refractivity contribution is 0.394. The second-order valence-electron chi connectivity index (χ2n) is 3.42. The fourth-order valence-electron chi connectivity index (χ4n) is 1.50. The van der Waals surface area contributed by atoms with Gasteiger partial charge in [-0.05, 0) is 26.3 Å². The summed E-state index contributed by atoms with van der Waals surface area (Å²) in [5.74, 6) is 0. The van der Waals surface area contributed by atoms with E-state index in [0.29, 0.717) is 0 Å². The smallest absolute Gasteiger partial charge is 0.0751 e. The van der Waals surface area contributed by atoms with E-state index in [2.05, 4.69) is 12.4 Å². The highest BCUT2D eigenvalue weighted by atomic mass is 16.2. The van der Waals surface area contributed by atoms with Crippen LogP contribution in [-0.4, -0.2) is 18.2 Å². The topological polar surface area (TPSA) is 32.3 Å². The summed E-state index contributed by atoms with van der Waals surface area (Å²) < 4.78 is 0. The van der Waals surface area contributed by atoms with E-state index >= 15 is 0 Å². The molecule has 0 aliphatic heterocycles. The van der Waals surface area contributed by atoms with Crippen molar-refractivity contribution >= 4 is 0 Å². The van der Waals surface area contributed by atoms with Crippen molar-refractivity contribution in [3.8, 4) is 0 Å². The van der Waals surface area contributed by atoms with E-state index in [-0.39, 0.29) is 0 Å². The van der Waals surface area contributed by atoms with Gasteiger partial charge in [-0.2, -0.15) is 0 Å². The fourth-order valence-corrected chi connectivity index (χ4v) is 1.50. The molecule has 0 radical (unpaired) electrons. The highest BCUT2D eigenvalue weighted by molar-refractivity contribution is 4.69. The van der Waals surface area contributed by atoms with Gasteiger partial charge in [-0.15, -0.1) is 0 Å². The molecule has 0 spiro atoms. The van der Waals surface area contributed by atoms with Gasteiger partial charge in [-0.3, -0.25) is 0 Å². The molecular weight excluding hydrogens is 162 g/mol. The first-order valence-electron chi connectivity index (χ1n) is 5.31. The maximum atomic E-state index is 7.89. The number of aliphatic hydroxyl groups excluding tert-OH is 1. The standard InChI is InChI=1S/C7H15N.C4H8O/c1-8-7-5-3-2-4-6-7;1-2-3-4-5/h7-8H,2-6H2,1H3;3-5H,2H2,1H3/b;4-3-. The van der Waals surface area contributed by atoms with Crippen LogP contribution in [0.4, 0.5) is 0 Å². The van der Waals surface area contributed by atoms with Crippen LogP contribution in [0.25, 0.3) is 0 Å². The molecule has 13 heavy (non-hydrogen) atoms. The van der Waals surface area contributed by atoms with Gasteiger partial charge in [0.15, 0.2) is 0 Å². The second-order valence-corrected chi connectivity index (χ2v) is 3.42. The van der Waals surface area contributed by atoms with Crippen molar-refractivity contribution in [3.05, 3.63) is 12.3 Å². The van der Waals surface area contributed by atoms with Gasteiger partial charge < -0.3 is 10.4 Å². The predicted molar refractivity (Wildman–Crippen MR) is 58.0 cm³/mol. The SMILES string of the molecule is CC/C=C\O.CNC1CCCCC1. The van der Waals surface area contributed by atoms with Gasteiger partial charge in [0.05, 0.1) is 6.26 Å². The van der Waals surface area contributed by atoms with Crippen LogP contribution in [0.3, 0.4) is 0 Å². The quantitative estimate of drug-likeness (QED) is 0.648. The molecule has 2 heteroatoms. The Kier molecular flexibility index (Phi) is 9.22. The Hall–Kier alpha value is -0.500. The van der Waals surface area contributed by atoms with Crippen molar-refractivity contribution in [1.29, 1.82) is 0 Å². The summed E-state index contributed by atoms with van der Waals surface area (Å²) in [5.41, 5.74) is 0. The minimum atomic E-state index is 0.837. The number of hydrogen-bond donors (Lipinski definition) is 2. The average Bonchev–Trinajstić information content (AvgIpc) is 2.21. The van der Waals surface area contributed by atoms with E-state index in [1.807, 2.05) is 6.92 Å². The average molecular weight is 185 g/mol. The lowest BCUT2D eigenvalue weighted by Crippen LogP contribution is -2.26. The maximum Gasteiger partial charge on any atom is 0.0751 e. The molecule has 0 atom stereocenters. The molecule has 1 rings (SSSR count). The number of hydrogen-bond acceptors (Lipinski definition) is 2. The van der Waals surface area contributed by atoms with Gasteiger partial charge in [0.25, 0.3) is 0 Å². The minimum Gasteiger partial charge on any atom is -0.516 e. The van der Waals surface area contributed by atoms with Crippen LogP contribution in [0, 0.1) is 0 Å². The number of aliphatic hydroxyl groups is 1. The summed E-state index contributed by atoms with van der Waals surface area (Å²) in [6.45, 7) is 1.96. The maximum absolute atomic E-state index is 7.89. The van der Waals surface area contributed by atoms with Crippen LogP contribution < -0.4 is 5.32 Å². The molecule has 0 aromatic rings. The molecule has 2 nitrogen and oxygen atoms in total. The molecular formula is C11H23NO. The Morgan fingerprint density at radius 2 is 1.92 bits per heavy atom. The zero-order valence-corrected chi connectivity index (χ0v) is 8.92. The lowest BCUT2D eigenvalue weighted by Gasteiger charge is -2.20. The van der Waals surface area contributed by atoms with Crippen LogP contribution in [0.5, 0.6) is 0 Å². The van der Waals surface area contributed by atoms with Crippen molar-refractivity contribution in [3.63, 3.8) is 0 Å². The molecule has 1 aliphatic carbocycles. The fraction of sp³-hybridized carbons (Fsp3) is 0.818. The van der Waals surface area contributed by atoms with Crippen molar-refractivity contribution in [2.45, 2.75) is 51.5 Å². The first kappa shape index (κ1) is 12.5. The van der Waals surface area contributed by atoms with E-state index < -0.39 is 0 Å². The molecule has 0 unspecified atom stereocenters. The monoisotopic (exact) mass is 185 g/mol. The molecule has 1 saturated carbocycles. The summed E-state index contributed by atoms with van der Waals surface area (Å²) in [5, 5.41) is 11.2. The molecule has 0 bridgehead atoms. The molecule has 0 aromatic carbocycles. The van der Waals surface area contributed by atoms with Crippen molar-refractivity contribution < 1.29 is 5.11 Å². The Morgan fingerprint density at radius 3 is 2.15 bits per heavy atom. The van der Waals surface area contributed by atoms with Crippen LogP contribution >= 0.6 is 0 Å². The van der Waals surface area contributed by atoms with Gasteiger partial charge in [0.2, 0.25) is 0 Å². The molecule has 1 fully saturated rings. The Morgan fingerprint density at radius 1 is 1.31 bits per heavy atom. The van der Waals surface area contributed by atoms with Gasteiger partial charge in [-0.25, -0.2) is 0 Å². The molecule has 0 aromatic heterocycles. The Labute approximate surface area is 82.0 Å². The van der Waals surface area contributed by atoms with Crippen LogP contribution in [0.2, 0.25) is 0 Å².